The minimum absolute atomic E-state index is 0.261. The molecule has 1 atom stereocenters. The van der Waals surface area contributed by atoms with E-state index in [4.69, 9.17) is 4.74 Å². The van der Waals surface area contributed by atoms with Gasteiger partial charge >= 0.3 is 11.8 Å². The Labute approximate surface area is 142 Å². The van der Waals surface area contributed by atoms with Crippen LogP contribution in [0.1, 0.15) is 24.1 Å². The lowest BCUT2D eigenvalue weighted by Gasteiger charge is -2.14. The summed E-state index contributed by atoms with van der Waals surface area (Å²) < 4.78 is 5.10. The highest BCUT2D eigenvalue weighted by Gasteiger charge is 2.16. The predicted octanol–water partition coefficient (Wildman–Crippen LogP) is 2.23. The van der Waals surface area contributed by atoms with Gasteiger partial charge in [0.1, 0.15) is 5.75 Å². The molecule has 2 rings (SSSR count). The highest BCUT2D eigenvalue weighted by molar-refractivity contribution is 6.35. The van der Waals surface area contributed by atoms with Gasteiger partial charge in [-0.3, -0.25) is 9.59 Å². The summed E-state index contributed by atoms with van der Waals surface area (Å²) in [5.74, 6) is -0.506. The SMILES string of the molecule is COc1ccc([C@H](C)NC(=O)C(=O)NCCc2ccccc2)cc1. The molecule has 2 aromatic carbocycles. The fourth-order valence-corrected chi connectivity index (χ4v) is 2.28. The monoisotopic (exact) mass is 326 g/mol. The zero-order valence-electron chi connectivity index (χ0n) is 13.9. The maximum Gasteiger partial charge on any atom is 0.309 e. The first-order valence-electron chi connectivity index (χ1n) is 7.86. The Morgan fingerprint density at radius 2 is 1.67 bits per heavy atom. The Bertz CT molecular complexity index is 669. The van der Waals surface area contributed by atoms with Crippen molar-refractivity contribution in [3.05, 3.63) is 65.7 Å². The highest BCUT2D eigenvalue weighted by Crippen LogP contribution is 2.17. The lowest BCUT2D eigenvalue weighted by Crippen LogP contribution is -2.41. The number of carbonyl (C=O) groups is 2. The van der Waals surface area contributed by atoms with Gasteiger partial charge in [-0.05, 0) is 36.6 Å². The molecule has 0 aliphatic rings. The number of benzene rings is 2. The number of amides is 2. The quantitative estimate of drug-likeness (QED) is 0.800. The van der Waals surface area contributed by atoms with Gasteiger partial charge in [-0.2, -0.15) is 0 Å². The summed E-state index contributed by atoms with van der Waals surface area (Å²) in [7, 11) is 1.60. The second-order valence-corrected chi connectivity index (χ2v) is 5.46. The first-order chi connectivity index (χ1) is 11.6. The van der Waals surface area contributed by atoms with Gasteiger partial charge < -0.3 is 15.4 Å². The molecule has 0 saturated heterocycles. The van der Waals surface area contributed by atoms with Crippen molar-refractivity contribution in [3.8, 4) is 5.75 Å². The Morgan fingerprint density at radius 1 is 1.00 bits per heavy atom. The first-order valence-corrected chi connectivity index (χ1v) is 7.86. The summed E-state index contributed by atoms with van der Waals surface area (Å²) in [5.41, 5.74) is 2.02. The van der Waals surface area contributed by atoms with Crippen LogP contribution >= 0.6 is 0 Å². The minimum Gasteiger partial charge on any atom is -0.497 e. The molecular weight excluding hydrogens is 304 g/mol. The van der Waals surface area contributed by atoms with Crippen molar-refractivity contribution < 1.29 is 14.3 Å². The molecule has 0 aliphatic carbocycles. The van der Waals surface area contributed by atoms with Gasteiger partial charge in [0.15, 0.2) is 0 Å². The van der Waals surface area contributed by atoms with Crippen LogP contribution in [0, 0.1) is 0 Å². The number of hydrogen-bond acceptors (Lipinski definition) is 3. The molecule has 0 radical (unpaired) electrons. The molecule has 24 heavy (non-hydrogen) atoms. The average molecular weight is 326 g/mol. The first kappa shape index (κ1) is 17.5. The van der Waals surface area contributed by atoms with Crippen LogP contribution in [0.5, 0.6) is 5.75 Å². The van der Waals surface area contributed by atoms with Gasteiger partial charge in [-0.15, -0.1) is 0 Å². The van der Waals surface area contributed by atoms with E-state index < -0.39 is 11.8 Å². The number of ether oxygens (including phenoxy) is 1. The molecule has 0 unspecified atom stereocenters. The molecule has 0 heterocycles. The van der Waals surface area contributed by atoms with E-state index in [-0.39, 0.29) is 6.04 Å². The fraction of sp³-hybridized carbons (Fsp3) is 0.263. The van der Waals surface area contributed by atoms with Crippen LogP contribution in [0.2, 0.25) is 0 Å². The maximum atomic E-state index is 11.9. The van der Waals surface area contributed by atoms with E-state index in [1.165, 1.54) is 0 Å². The molecule has 2 amide bonds. The molecule has 5 heteroatoms. The summed E-state index contributed by atoms with van der Waals surface area (Å²) in [4.78, 5) is 23.8. The van der Waals surface area contributed by atoms with E-state index in [9.17, 15) is 9.59 Å². The summed E-state index contributed by atoms with van der Waals surface area (Å²) in [6.07, 6.45) is 0.688. The molecule has 2 aromatic rings. The summed E-state index contributed by atoms with van der Waals surface area (Å²) >= 11 is 0. The molecule has 0 aliphatic heterocycles. The Morgan fingerprint density at radius 3 is 2.29 bits per heavy atom. The number of carbonyl (C=O) groups excluding carboxylic acids is 2. The van der Waals surface area contributed by atoms with Crippen LogP contribution < -0.4 is 15.4 Å². The zero-order valence-corrected chi connectivity index (χ0v) is 13.9. The number of methoxy groups -OCH3 is 1. The molecule has 0 aromatic heterocycles. The summed E-state index contributed by atoms with van der Waals surface area (Å²) in [5, 5.41) is 5.33. The van der Waals surface area contributed by atoms with E-state index in [1.807, 2.05) is 61.5 Å². The standard InChI is InChI=1S/C19H22N2O3/c1-14(16-8-10-17(24-2)11-9-16)21-19(23)18(22)20-13-12-15-6-4-3-5-7-15/h3-11,14H,12-13H2,1-2H3,(H,20,22)(H,21,23)/t14-/m0/s1. The molecule has 0 bridgehead atoms. The van der Waals surface area contributed by atoms with Crippen LogP contribution in [0.4, 0.5) is 0 Å². The Kier molecular flexibility index (Phi) is 6.37. The zero-order chi connectivity index (χ0) is 17.4. The molecule has 0 spiro atoms. The van der Waals surface area contributed by atoms with Crippen molar-refractivity contribution in [1.29, 1.82) is 0 Å². The molecule has 5 nitrogen and oxygen atoms in total. The van der Waals surface area contributed by atoms with E-state index in [0.717, 1.165) is 16.9 Å². The summed E-state index contributed by atoms with van der Waals surface area (Å²) in [6.45, 7) is 2.25. The second-order valence-electron chi connectivity index (χ2n) is 5.46. The van der Waals surface area contributed by atoms with Crippen LogP contribution in [0.15, 0.2) is 54.6 Å². The molecule has 126 valence electrons. The van der Waals surface area contributed by atoms with Crippen LogP contribution in [-0.2, 0) is 16.0 Å². The fourth-order valence-electron chi connectivity index (χ4n) is 2.28. The van der Waals surface area contributed by atoms with Crippen molar-refractivity contribution in [2.75, 3.05) is 13.7 Å². The van der Waals surface area contributed by atoms with Crippen LogP contribution in [-0.4, -0.2) is 25.5 Å². The van der Waals surface area contributed by atoms with E-state index in [0.29, 0.717) is 13.0 Å². The molecular formula is C19H22N2O3. The molecule has 2 N–H and O–H groups in total. The highest BCUT2D eigenvalue weighted by atomic mass is 16.5. The third-order valence-corrected chi connectivity index (χ3v) is 3.71. The number of rotatable bonds is 6. The van der Waals surface area contributed by atoms with Crippen molar-refractivity contribution in [2.45, 2.75) is 19.4 Å². The van der Waals surface area contributed by atoms with Gasteiger partial charge in [-0.25, -0.2) is 0 Å². The number of nitrogens with one attached hydrogen (secondary N) is 2. The third-order valence-electron chi connectivity index (χ3n) is 3.71. The topological polar surface area (TPSA) is 67.4 Å². The molecule has 0 saturated carbocycles. The normalized spacial score (nSPS) is 11.4. The van der Waals surface area contributed by atoms with Gasteiger partial charge in [0.05, 0.1) is 13.2 Å². The summed E-state index contributed by atoms with van der Waals surface area (Å²) in [6, 6.07) is 16.9. The van der Waals surface area contributed by atoms with Crippen molar-refractivity contribution in [1.82, 2.24) is 10.6 Å². The lowest BCUT2D eigenvalue weighted by molar-refractivity contribution is -0.139. The lowest BCUT2D eigenvalue weighted by atomic mass is 10.1. The largest absolute Gasteiger partial charge is 0.497 e. The minimum atomic E-state index is -0.633. The predicted molar refractivity (Wildman–Crippen MR) is 92.7 cm³/mol. The van der Waals surface area contributed by atoms with Crippen molar-refractivity contribution in [2.24, 2.45) is 0 Å². The Balaban J connectivity index is 1.78. The van der Waals surface area contributed by atoms with Crippen molar-refractivity contribution in [3.63, 3.8) is 0 Å². The average Bonchev–Trinajstić information content (AvgIpc) is 2.62. The van der Waals surface area contributed by atoms with E-state index in [2.05, 4.69) is 10.6 Å². The van der Waals surface area contributed by atoms with E-state index >= 15 is 0 Å². The van der Waals surface area contributed by atoms with Gasteiger partial charge in [0.2, 0.25) is 0 Å². The third kappa shape index (κ3) is 5.12. The smallest absolute Gasteiger partial charge is 0.309 e. The van der Waals surface area contributed by atoms with Crippen LogP contribution in [0.3, 0.4) is 0 Å². The van der Waals surface area contributed by atoms with Gasteiger partial charge in [0, 0.05) is 6.54 Å². The Hall–Kier alpha value is -2.82. The number of hydrogen-bond donors (Lipinski definition) is 2. The van der Waals surface area contributed by atoms with Gasteiger partial charge in [0.25, 0.3) is 0 Å². The second kappa shape index (κ2) is 8.72. The van der Waals surface area contributed by atoms with Gasteiger partial charge in [-0.1, -0.05) is 42.5 Å². The van der Waals surface area contributed by atoms with E-state index in [1.54, 1.807) is 7.11 Å². The maximum absolute atomic E-state index is 11.9. The molecule has 0 fully saturated rings. The van der Waals surface area contributed by atoms with Crippen LogP contribution in [0.25, 0.3) is 0 Å². The van der Waals surface area contributed by atoms with Crippen molar-refractivity contribution >= 4 is 11.8 Å².